The number of carbonyl (C=O) groups is 1. The van der Waals surface area contributed by atoms with Gasteiger partial charge in [0, 0.05) is 24.8 Å². The van der Waals surface area contributed by atoms with E-state index in [9.17, 15) is 4.79 Å². The first kappa shape index (κ1) is 15.3. The van der Waals surface area contributed by atoms with Gasteiger partial charge in [-0.2, -0.15) is 5.26 Å². The van der Waals surface area contributed by atoms with Gasteiger partial charge < -0.3 is 10.2 Å². The van der Waals surface area contributed by atoms with Crippen LogP contribution < -0.4 is 10.2 Å². The molecular formula is C16H22N4O. The van der Waals surface area contributed by atoms with Gasteiger partial charge >= 0.3 is 0 Å². The minimum atomic E-state index is -0.0871. The normalized spacial score (nSPS) is 18.3. The Morgan fingerprint density at radius 2 is 2.24 bits per heavy atom. The molecule has 1 N–H and O–H groups in total. The molecule has 2 rings (SSSR count). The van der Waals surface area contributed by atoms with Crippen LogP contribution >= 0.6 is 0 Å². The van der Waals surface area contributed by atoms with Gasteiger partial charge in [-0.25, -0.2) is 0 Å². The van der Waals surface area contributed by atoms with Gasteiger partial charge in [0.15, 0.2) is 0 Å². The molecule has 1 heterocycles. The second-order valence-electron chi connectivity index (χ2n) is 5.43. The lowest BCUT2D eigenvalue weighted by Crippen LogP contribution is -2.49. The predicted molar refractivity (Wildman–Crippen MR) is 82.9 cm³/mol. The topological polar surface area (TPSA) is 59.4 Å². The molecule has 1 aliphatic heterocycles. The van der Waals surface area contributed by atoms with Crippen molar-refractivity contribution in [1.29, 1.82) is 5.26 Å². The summed E-state index contributed by atoms with van der Waals surface area (Å²) in [5, 5.41) is 11.1. The van der Waals surface area contributed by atoms with Gasteiger partial charge in [-0.1, -0.05) is 18.2 Å². The SMILES string of the molecule is CN(CC(=O)NCC#N)C1CCCN(c2ccccc2)C1. The average Bonchev–Trinajstić information content (AvgIpc) is 2.54. The fourth-order valence-corrected chi connectivity index (χ4v) is 2.74. The van der Waals surface area contributed by atoms with E-state index in [-0.39, 0.29) is 12.5 Å². The second-order valence-corrected chi connectivity index (χ2v) is 5.43. The molecule has 1 fully saturated rings. The summed E-state index contributed by atoms with van der Waals surface area (Å²) in [4.78, 5) is 16.1. The van der Waals surface area contributed by atoms with E-state index >= 15 is 0 Å². The molecule has 1 aliphatic rings. The summed E-state index contributed by atoms with van der Waals surface area (Å²) in [5.41, 5.74) is 1.24. The molecule has 0 aromatic heterocycles. The molecule has 0 aliphatic carbocycles. The van der Waals surface area contributed by atoms with Crippen LogP contribution in [-0.4, -0.2) is 50.1 Å². The van der Waals surface area contributed by atoms with Crippen LogP contribution in [0.15, 0.2) is 30.3 Å². The number of hydrogen-bond donors (Lipinski definition) is 1. The zero-order valence-corrected chi connectivity index (χ0v) is 12.5. The zero-order chi connectivity index (χ0) is 15.1. The molecular weight excluding hydrogens is 264 g/mol. The Labute approximate surface area is 126 Å². The largest absolute Gasteiger partial charge is 0.370 e. The van der Waals surface area contributed by atoms with Gasteiger partial charge in [0.2, 0.25) is 5.91 Å². The lowest BCUT2D eigenvalue weighted by Gasteiger charge is -2.38. The highest BCUT2D eigenvalue weighted by Crippen LogP contribution is 2.21. The Morgan fingerprint density at radius 1 is 1.48 bits per heavy atom. The van der Waals surface area contributed by atoms with E-state index in [4.69, 9.17) is 5.26 Å². The summed E-state index contributed by atoms with van der Waals surface area (Å²) >= 11 is 0. The lowest BCUT2D eigenvalue weighted by atomic mass is 10.0. The third-order valence-corrected chi connectivity index (χ3v) is 3.90. The van der Waals surface area contributed by atoms with Crippen molar-refractivity contribution >= 4 is 11.6 Å². The van der Waals surface area contributed by atoms with Crippen LogP contribution in [0.5, 0.6) is 0 Å². The number of likely N-dealkylation sites (N-methyl/N-ethyl adjacent to an activating group) is 1. The van der Waals surface area contributed by atoms with E-state index in [1.165, 1.54) is 5.69 Å². The number of nitrogens with zero attached hydrogens (tertiary/aromatic N) is 3. The minimum absolute atomic E-state index is 0.0769. The first-order valence-electron chi connectivity index (χ1n) is 7.34. The maximum Gasteiger partial charge on any atom is 0.235 e. The van der Waals surface area contributed by atoms with Crippen LogP contribution in [0.3, 0.4) is 0 Å². The van der Waals surface area contributed by atoms with Crippen molar-refractivity contribution in [1.82, 2.24) is 10.2 Å². The predicted octanol–water partition coefficient (Wildman–Crippen LogP) is 1.23. The van der Waals surface area contributed by atoms with Crippen LogP contribution in [0.4, 0.5) is 5.69 Å². The number of carbonyl (C=O) groups excluding carboxylic acids is 1. The van der Waals surface area contributed by atoms with E-state index in [0.29, 0.717) is 12.6 Å². The van der Waals surface area contributed by atoms with Gasteiger partial charge in [-0.3, -0.25) is 9.69 Å². The summed E-state index contributed by atoms with van der Waals surface area (Å²) in [6, 6.07) is 12.7. The summed E-state index contributed by atoms with van der Waals surface area (Å²) in [5.74, 6) is -0.0871. The van der Waals surface area contributed by atoms with Crippen molar-refractivity contribution < 1.29 is 4.79 Å². The summed E-state index contributed by atoms with van der Waals surface area (Å²) in [7, 11) is 1.98. The van der Waals surface area contributed by atoms with E-state index in [1.54, 1.807) is 0 Å². The molecule has 1 unspecified atom stereocenters. The number of rotatable bonds is 5. The Kier molecular flexibility index (Phi) is 5.59. The van der Waals surface area contributed by atoms with E-state index < -0.39 is 0 Å². The molecule has 1 aromatic rings. The zero-order valence-electron chi connectivity index (χ0n) is 12.5. The molecule has 1 atom stereocenters. The maximum atomic E-state index is 11.7. The van der Waals surface area contributed by atoms with Crippen molar-refractivity contribution in [3.63, 3.8) is 0 Å². The number of anilines is 1. The highest BCUT2D eigenvalue weighted by molar-refractivity contribution is 5.78. The maximum absolute atomic E-state index is 11.7. The number of benzene rings is 1. The molecule has 0 spiro atoms. The lowest BCUT2D eigenvalue weighted by molar-refractivity contribution is -0.122. The van der Waals surface area contributed by atoms with Crippen molar-refractivity contribution in [3.05, 3.63) is 30.3 Å². The summed E-state index contributed by atoms with van der Waals surface area (Å²) in [6.45, 7) is 2.42. The van der Waals surface area contributed by atoms with Gasteiger partial charge in [0.25, 0.3) is 0 Å². The Balaban J connectivity index is 1.89. The molecule has 1 saturated heterocycles. The molecule has 0 radical (unpaired) electrons. The third-order valence-electron chi connectivity index (χ3n) is 3.90. The first-order chi connectivity index (χ1) is 10.2. The van der Waals surface area contributed by atoms with Gasteiger partial charge in [0.1, 0.15) is 6.54 Å². The van der Waals surface area contributed by atoms with E-state index in [1.807, 2.05) is 19.2 Å². The molecule has 0 bridgehead atoms. The van der Waals surface area contributed by atoms with Crippen molar-refractivity contribution in [2.75, 3.05) is 38.1 Å². The van der Waals surface area contributed by atoms with Gasteiger partial charge in [0.05, 0.1) is 12.6 Å². The standard InChI is InChI=1S/C16H22N4O/c1-19(13-16(21)18-10-9-17)15-8-5-11-20(12-15)14-6-3-2-4-7-14/h2-4,6-7,15H,5,8,10-13H2,1H3,(H,18,21). The van der Waals surface area contributed by atoms with Crippen LogP contribution in [0.1, 0.15) is 12.8 Å². The molecule has 1 aromatic carbocycles. The summed E-state index contributed by atoms with van der Waals surface area (Å²) in [6.07, 6.45) is 2.23. The number of para-hydroxylation sites is 1. The van der Waals surface area contributed by atoms with Crippen molar-refractivity contribution in [2.24, 2.45) is 0 Å². The van der Waals surface area contributed by atoms with Crippen LogP contribution in [-0.2, 0) is 4.79 Å². The number of piperidine rings is 1. The Hall–Kier alpha value is -2.06. The second kappa shape index (κ2) is 7.65. The molecule has 0 saturated carbocycles. The van der Waals surface area contributed by atoms with Crippen LogP contribution in [0.2, 0.25) is 0 Å². The van der Waals surface area contributed by atoms with Crippen molar-refractivity contribution in [3.8, 4) is 6.07 Å². The summed E-state index contributed by atoms with van der Waals surface area (Å²) < 4.78 is 0. The van der Waals surface area contributed by atoms with Gasteiger partial charge in [-0.05, 0) is 32.0 Å². The van der Waals surface area contributed by atoms with Crippen molar-refractivity contribution in [2.45, 2.75) is 18.9 Å². The number of nitrogens with one attached hydrogen (secondary N) is 1. The van der Waals surface area contributed by atoms with E-state index in [0.717, 1.165) is 25.9 Å². The first-order valence-corrected chi connectivity index (χ1v) is 7.34. The third kappa shape index (κ3) is 4.47. The fourth-order valence-electron chi connectivity index (χ4n) is 2.74. The number of nitriles is 1. The number of hydrogen-bond acceptors (Lipinski definition) is 4. The minimum Gasteiger partial charge on any atom is -0.370 e. The van der Waals surface area contributed by atoms with Crippen LogP contribution in [0.25, 0.3) is 0 Å². The fraction of sp³-hybridized carbons (Fsp3) is 0.500. The smallest absolute Gasteiger partial charge is 0.235 e. The highest BCUT2D eigenvalue weighted by atomic mass is 16.2. The molecule has 112 valence electrons. The highest BCUT2D eigenvalue weighted by Gasteiger charge is 2.24. The van der Waals surface area contributed by atoms with E-state index in [2.05, 4.69) is 39.4 Å². The quantitative estimate of drug-likeness (QED) is 0.827. The molecule has 21 heavy (non-hydrogen) atoms. The molecule has 5 nitrogen and oxygen atoms in total. The van der Waals surface area contributed by atoms with Crippen LogP contribution in [0, 0.1) is 11.3 Å². The Morgan fingerprint density at radius 3 is 2.95 bits per heavy atom. The average molecular weight is 286 g/mol. The molecule has 1 amide bonds. The van der Waals surface area contributed by atoms with Gasteiger partial charge in [-0.15, -0.1) is 0 Å². The monoisotopic (exact) mass is 286 g/mol. The Bertz CT molecular complexity index is 497. The number of amides is 1. The molecule has 5 heteroatoms.